The van der Waals surface area contributed by atoms with E-state index in [4.69, 9.17) is 5.73 Å². The number of nitrogens with one attached hydrogen (secondary N) is 1. The summed E-state index contributed by atoms with van der Waals surface area (Å²) in [5.74, 6) is -0.407. The second-order valence-electron chi connectivity index (χ2n) is 6.11. The summed E-state index contributed by atoms with van der Waals surface area (Å²) in [7, 11) is 0. The van der Waals surface area contributed by atoms with Gasteiger partial charge in [0, 0.05) is 6.54 Å². The molecule has 2 saturated carbocycles. The van der Waals surface area contributed by atoms with Gasteiger partial charge >= 0.3 is 5.97 Å². The van der Waals surface area contributed by atoms with Crippen LogP contribution in [0.4, 0.5) is 0 Å². The van der Waals surface area contributed by atoms with Crippen LogP contribution in [0.25, 0.3) is 0 Å². The Morgan fingerprint density at radius 3 is 2.28 bits per heavy atom. The molecule has 0 aromatic rings. The molecule has 0 aliphatic heterocycles. The molecule has 102 valence electrons. The van der Waals surface area contributed by atoms with Crippen LogP contribution in [0, 0.1) is 11.3 Å². The van der Waals surface area contributed by atoms with E-state index >= 15 is 0 Å². The fourth-order valence-corrected chi connectivity index (χ4v) is 2.57. The number of amides is 1. The van der Waals surface area contributed by atoms with E-state index < -0.39 is 16.9 Å². The van der Waals surface area contributed by atoms with E-state index in [2.05, 4.69) is 12.2 Å². The number of carboxylic acid groups (broad SMARTS) is 1. The van der Waals surface area contributed by atoms with Crippen LogP contribution >= 0.6 is 0 Å². The van der Waals surface area contributed by atoms with Crippen molar-refractivity contribution >= 4 is 11.9 Å². The smallest absolute Gasteiger partial charge is 0.311 e. The highest BCUT2D eigenvalue weighted by Crippen LogP contribution is 2.39. The van der Waals surface area contributed by atoms with E-state index in [9.17, 15) is 14.7 Å². The van der Waals surface area contributed by atoms with Crippen LogP contribution in [0.2, 0.25) is 0 Å². The molecule has 0 aromatic carbocycles. The minimum atomic E-state index is -0.795. The Balaban J connectivity index is 1.94. The van der Waals surface area contributed by atoms with E-state index in [1.165, 1.54) is 0 Å². The normalized spacial score (nSPS) is 33.8. The highest BCUT2D eigenvalue weighted by atomic mass is 16.4. The summed E-state index contributed by atoms with van der Waals surface area (Å²) in [4.78, 5) is 23.2. The Kier molecular flexibility index (Phi) is 3.36. The standard InChI is InChI=1S/C13H22N2O3/c1-9-2-4-12(5-3-9,11(17)18)8-15-10(16)13(14)6-7-13/h9H,2-8,14H2,1H3,(H,15,16)(H,17,18). The minimum absolute atomic E-state index is 0.193. The number of carboxylic acids is 1. The minimum Gasteiger partial charge on any atom is -0.481 e. The molecule has 5 nitrogen and oxygen atoms in total. The number of hydrogen-bond donors (Lipinski definition) is 3. The molecule has 1 amide bonds. The van der Waals surface area contributed by atoms with E-state index in [0.29, 0.717) is 31.6 Å². The van der Waals surface area contributed by atoms with Crippen molar-refractivity contribution < 1.29 is 14.7 Å². The zero-order valence-electron chi connectivity index (χ0n) is 10.9. The van der Waals surface area contributed by atoms with Crippen molar-refractivity contribution in [3.8, 4) is 0 Å². The Hall–Kier alpha value is -1.10. The van der Waals surface area contributed by atoms with Crippen LogP contribution in [0.5, 0.6) is 0 Å². The lowest BCUT2D eigenvalue weighted by atomic mass is 9.70. The maximum absolute atomic E-state index is 11.8. The summed E-state index contributed by atoms with van der Waals surface area (Å²) in [6, 6.07) is 0. The number of aliphatic carboxylic acids is 1. The number of nitrogens with two attached hydrogens (primary N) is 1. The molecule has 2 rings (SSSR count). The predicted molar refractivity (Wildman–Crippen MR) is 66.9 cm³/mol. The first-order valence-electron chi connectivity index (χ1n) is 6.69. The molecule has 0 aromatic heterocycles. The second kappa shape index (κ2) is 4.53. The van der Waals surface area contributed by atoms with Crippen molar-refractivity contribution in [2.24, 2.45) is 17.1 Å². The van der Waals surface area contributed by atoms with Crippen LogP contribution < -0.4 is 11.1 Å². The van der Waals surface area contributed by atoms with E-state index in [1.807, 2.05) is 0 Å². The third-order valence-electron chi connectivity index (χ3n) is 4.51. The first kappa shape index (κ1) is 13.3. The monoisotopic (exact) mass is 254 g/mol. The summed E-state index contributed by atoms with van der Waals surface area (Å²) in [6.07, 6.45) is 4.51. The fraction of sp³-hybridized carbons (Fsp3) is 0.846. The van der Waals surface area contributed by atoms with Gasteiger partial charge in [0.05, 0.1) is 11.0 Å². The van der Waals surface area contributed by atoms with Gasteiger partial charge < -0.3 is 16.2 Å². The lowest BCUT2D eigenvalue weighted by molar-refractivity contribution is -0.151. The number of carbonyl (C=O) groups is 2. The summed E-state index contributed by atoms with van der Waals surface area (Å²) >= 11 is 0. The van der Waals surface area contributed by atoms with Crippen molar-refractivity contribution in [1.82, 2.24) is 5.32 Å². The molecule has 0 saturated heterocycles. The zero-order chi connectivity index (χ0) is 13.4. The topological polar surface area (TPSA) is 92.4 Å². The highest BCUT2D eigenvalue weighted by molar-refractivity contribution is 5.89. The molecule has 18 heavy (non-hydrogen) atoms. The van der Waals surface area contributed by atoms with Crippen LogP contribution in [0.15, 0.2) is 0 Å². The molecule has 4 N–H and O–H groups in total. The van der Waals surface area contributed by atoms with Gasteiger partial charge in [-0.05, 0) is 44.4 Å². The lowest BCUT2D eigenvalue weighted by Gasteiger charge is -2.36. The van der Waals surface area contributed by atoms with Crippen molar-refractivity contribution in [3.05, 3.63) is 0 Å². The molecule has 0 spiro atoms. The van der Waals surface area contributed by atoms with Crippen molar-refractivity contribution in [2.75, 3.05) is 6.54 Å². The van der Waals surface area contributed by atoms with E-state index in [-0.39, 0.29) is 12.5 Å². The molecule has 0 bridgehead atoms. The fourth-order valence-electron chi connectivity index (χ4n) is 2.57. The summed E-state index contributed by atoms with van der Waals surface area (Å²) < 4.78 is 0. The van der Waals surface area contributed by atoms with Crippen molar-refractivity contribution in [3.63, 3.8) is 0 Å². The summed E-state index contributed by atoms with van der Waals surface area (Å²) in [6.45, 7) is 2.36. The average Bonchev–Trinajstić information content (AvgIpc) is 3.08. The zero-order valence-corrected chi connectivity index (χ0v) is 10.9. The molecule has 2 fully saturated rings. The van der Waals surface area contributed by atoms with Gasteiger partial charge in [0.25, 0.3) is 0 Å². The Morgan fingerprint density at radius 2 is 1.83 bits per heavy atom. The lowest BCUT2D eigenvalue weighted by Crippen LogP contribution is -2.50. The van der Waals surface area contributed by atoms with Crippen LogP contribution in [-0.2, 0) is 9.59 Å². The van der Waals surface area contributed by atoms with Crippen molar-refractivity contribution in [1.29, 1.82) is 0 Å². The predicted octanol–water partition coefficient (Wildman–Crippen LogP) is 0.875. The van der Waals surface area contributed by atoms with Gasteiger partial charge in [-0.2, -0.15) is 0 Å². The maximum Gasteiger partial charge on any atom is 0.311 e. The molecule has 0 atom stereocenters. The molecule has 5 heteroatoms. The van der Waals surface area contributed by atoms with Crippen LogP contribution in [0.3, 0.4) is 0 Å². The quantitative estimate of drug-likeness (QED) is 0.694. The van der Waals surface area contributed by atoms with Gasteiger partial charge in [-0.1, -0.05) is 6.92 Å². The maximum atomic E-state index is 11.8. The van der Waals surface area contributed by atoms with Gasteiger partial charge in [0.15, 0.2) is 0 Å². The largest absolute Gasteiger partial charge is 0.481 e. The molecule has 2 aliphatic carbocycles. The Morgan fingerprint density at radius 1 is 1.28 bits per heavy atom. The molecular formula is C13H22N2O3. The van der Waals surface area contributed by atoms with E-state index in [1.54, 1.807) is 0 Å². The third kappa shape index (κ3) is 2.51. The number of hydrogen-bond acceptors (Lipinski definition) is 3. The summed E-state index contributed by atoms with van der Waals surface area (Å²) in [5.41, 5.74) is 4.28. The van der Waals surface area contributed by atoms with Gasteiger partial charge in [-0.3, -0.25) is 9.59 Å². The van der Waals surface area contributed by atoms with Gasteiger partial charge in [0.2, 0.25) is 5.91 Å². The second-order valence-corrected chi connectivity index (χ2v) is 6.11. The third-order valence-corrected chi connectivity index (χ3v) is 4.51. The SMILES string of the molecule is CC1CCC(CNC(=O)C2(N)CC2)(C(=O)O)CC1. The first-order valence-corrected chi connectivity index (χ1v) is 6.69. The number of carbonyl (C=O) groups excluding carboxylic acids is 1. The molecule has 2 aliphatic rings. The average molecular weight is 254 g/mol. The van der Waals surface area contributed by atoms with Crippen LogP contribution in [0.1, 0.15) is 45.4 Å². The molecular weight excluding hydrogens is 232 g/mol. The van der Waals surface area contributed by atoms with Gasteiger partial charge in [-0.15, -0.1) is 0 Å². The number of rotatable bonds is 4. The van der Waals surface area contributed by atoms with Crippen LogP contribution in [-0.4, -0.2) is 29.1 Å². The van der Waals surface area contributed by atoms with Gasteiger partial charge in [0.1, 0.15) is 0 Å². The van der Waals surface area contributed by atoms with E-state index in [0.717, 1.165) is 12.8 Å². The molecule has 0 heterocycles. The Bertz CT molecular complexity index is 355. The van der Waals surface area contributed by atoms with Gasteiger partial charge in [-0.25, -0.2) is 0 Å². The van der Waals surface area contributed by atoms with Crippen molar-refractivity contribution in [2.45, 2.75) is 51.0 Å². The Labute approximate surface area is 107 Å². The summed E-state index contributed by atoms with van der Waals surface area (Å²) in [5, 5.41) is 12.2. The first-order chi connectivity index (χ1) is 8.38. The highest BCUT2D eigenvalue weighted by Gasteiger charge is 2.48. The molecule has 0 radical (unpaired) electrons. The molecule has 0 unspecified atom stereocenters.